The number of nitrogens with one attached hydrogen (secondary N) is 1. The smallest absolute Gasteiger partial charge is 0.208 e. The van der Waals surface area contributed by atoms with Gasteiger partial charge in [-0.2, -0.15) is 0 Å². The number of methoxy groups -OCH3 is 2. The minimum Gasteiger partial charge on any atom is -0.497 e. The molecule has 0 amide bonds. The molecule has 3 rings (SSSR count). The SMILES string of the molecule is COc1cc(COc2cc(N)c(Cl)cc2C(=O)CCC2CCN(CCCNS(C)(=O)=O)CC2)cc(OC)c1. The van der Waals surface area contributed by atoms with Crippen molar-refractivity contribution in [1.29, 1.82) is 0 Å². The Morgan fingerprint density at radius 2 is 1.76 bits per heavy atom. The Balaban J connectivity index is 1.54. The first-order valence-electron chi connectivity index (χ1n) is 12.7. The Hall–Kier alpha value is -2.53. The van der Waals surface area contributed by atoms with Gasteiger partial charge in [-0.25, -0.2) is 13.1 Å². The average molecular weight is 568 g/mol. The van der Waals surface area contributed by atoms with Gasteiger partial charge in [-0.05, 0) is 75.0 Å². The van der Waals surface area contributed by atoms with Crippen LogP contribution < -0.4 is 24.7 Å². The minimum absolute atomic E-state index is 0.0283. The molecular weight excluding hydrogens is 530 g/mol. The van der Waals surface area contributed by atoms with E-state index in [2.05, 4.69) is 9.62 Å². The van der Waals surface area contributed by atoms with Crippen LogP contribution in [0.15, 0.2) is 30.3 Å². The maximum Gasteiger partial charge on any atom is 0.208 e. The van der Waals surface area contributed by atoms with E-state index in [0.717, 1.165) is 50.9 Å². The largest absolute Gasteiger partial charge is 0.497 e. The lowest BCUT2D eigenvalue weighted by atomic mass is 9.90. The third-order valence-electron chi connectivity index (χ3n) is 6.71. The van der Waals surface area contributed by atoms with Crippen molar-refractivity contribution in [3.05, 3.63) is 46.5 Å². The zero-order chi connectivity index (χ0) is 27.7. The summed E-state index contributed by atoms with van der Waals surface area (Å²) in [5.41, 5.74) is 7.62. The molecule has 2 aromatic rings. The number of carbonyl (C=O) groups excluding carboxylic acids is 1. The number of nitrogens with two attached hydrogens (primary N) is 1. The van der Waals surface area contributed by atoms with Gasteiger partial charge in [0.2, 0.25) is 10.0 Å². The van der Waals surface area contributed by atoms with Crippen LogP contribution in [-0.2, 0) is 16.6 Å². The van der Waals surface area contributed by atoms with Crippen LogP contribution in [0.1, 0.15) is 48.0 Å². The Bertz CT molecular complexity index is 1180. The molecule has 0 saturated carbocycles. The molecule has 0 bridgehead atoms. The monoisotopic (exact) mass is 567 g/mol. The summed E-state index contributed by atoms with van der Waals surface area (Å²) < 4.78 is 41.6. The van der Waals surface area contributed by atoms with Crippen LogP contribution in [0.2, 0.25) is 5.02 Å². The molecule has 0 aromatic heterocycles. The summed E-state index contributed by atoms with van der Waals surface area (Å²) in [6, 6.07) is 8.66. The van der Waals surface area contributed by atoms with Crippen LogP contribution in [0.25, 0.3) is 0 Å². The number of piperidine rings is 1. The van der Waals surface area contributed by atoms with Gasteiger partial charge in [0.1, 0.15) is 23.9 Å². The number of carbonyl (C=O) groups is 1. The summed E-state index contributed by atoms with van der Waals surface area (Å²) in [6.45, 7) is 3.41. The number of sulfonamides is 1. The van der Waals surface area contributed by atoms with Gasteiger partial charge in [0, 0.05) is 25.1 Å². The van der Waals surface area contributed by atoms with E-state index in [4.69, 9.17) is 31.5 Å². The fourth-order valence-electron chi connectivity index (χ4n) is 4.55. The number of rotatable bonds is 14. The molecule has 0 aliphatic carbocycles. The molecule has 1 aliphatic heterocycles. The van der Waals surface area contributed by atoms with Crippen molar-refractivity contribution in [1.82, 2.24) is 9.62 Å². The number of ether oxygens (including phenoxy) is 3. The summed E-state index contributed by atoms with van der Waals surface area (Å²) in [5.74, 6) is 2.12. The molecule has 2 aromatic carbocycles. The maximum absolute atomic E-state index is 13.2. The lowest BCUT2D eigenvalue weighted by Gasteiger charge is -2.31. The number of likely N-dealkylation sites (tertiary alicyclic amines) is 1. The molecular formula is C27H38ClN3O6S. The van der Waals surface area contributed by atoms with E-state index in [1.54, 1.807) is 32.4 Å². The molecule has 0 atom stereocenters. The molecule has 0 radical (unpaired) electrons. The second-order valence-corrected chi connectivity index (χ2v) is 11.9. The number of hydrogen-bond acceptors (Lipinski definition) is 8. The number of Topliss-reactive ketones (excluding diaryl/α,β-unsaturated/α-hetero) is 1. The van der Waals surface area contributed by atoms with Crippen LogP contribution in [0.3, 0.4) is 0 Å². The number of anilines is 1. The number of nitrogen functional groups attached to an aromatic ring is 1. The van der Waals surface area contributed by atoms with E-state index in [1.807, 2.05) is 12.1 Å². The Morgan fingerprint density at radius 1 is 1.11 bits per heavy atom. The van der Waals surface area contributed by atoms with Gasteiger partial charge >= 0.3 is 0 Å². The zero-order valence-corrected chi connectivity index (χ0v) is 23.9. The zero-order valence-electron chi connectivity index (χ0n) is 22.3. The van der Waals surface area contributed by atoms with E-state index >= 15 is 0 Å². The van der Waals surface area contributed by atoms with Crippen molar-refractivity contribution in [2.75, 3.05) is 52.4 Å². The maximum atomic E-state index is 13.2. The van der Waals surface area contributed by atoms with E-state index in [1.165, 1.54) is 6.26 Å². The molecule has 1 aliphatic rings. The van der Waals surface area contributed by atoms with Gasteiger partial charge < -0.3 is 24.8 Å². The average Bonchev–Trinajstić information content (AvgIpc) is 2.90. The van der Waals surface area contributed by atoms with Crippen molar-refractivity contribution >= 4 is 33.1 Å². The van der Waals surface area contributed by atoms with Crippen molar-refractivity contribution in [3.8, 4) is 17.2 Å². The standard InChI is InChI=1S/C27H38ClN3O6S/c1-35-21-13-20(14-22(15-21)36-2)18-37-27-17-25(29)24(28)16-23(27)26(32)6-5-19-7-11-31(12-8-19)10-4-9-30-38(3,33)34/h13-17,19,30H,4-12,18,29H2,1-3H3. The van der Waals surface area contributed by atoms with Crippen LogP contribution in [-0.4, -0.2) is 65.8 Å². The second kappa shape index (κ2) is 14.0. The van der Waals surface area contributed by atoms with E-state index in [0.29, 0.717) is 52.4 Å². The second-order valence-electron chi connectivity index (χ2n) is 9.65. The quantitative estimate of drug-likeness (QED) is 0.199. The molecule has 210 valence electrons. The van der Waals surface area contributed by atoms with Crippen LogP contribution in [0.5, 0.6) is 17.2 Å². The van der Waals surface area contributed by atoms with Crippen molar-refractivity contribution < 1.29 is 27.4 Å². The Labute approximate surface area is 230 Å². The highest BCUT2D eigenvalue weighted by atomic mass is 35.5. The first-order valence-corrected chi connectivity index (χ1v) is 15.0. The molecule has 0 unspecified atom stereocenters. The highest BCUT2D eigenvalue weighted by molar-refractivity contribution is 7.88. The minimum atomic E-state index is -3.14. The molecule has 3 N–H and O–H groups in total. The molecule has 1 fully saturated rings. The summed E-state index contributed by atoms with van der Waals surface area (Å²) in [4.78, 5) is 15.6. The van der Waals surface area contributed by atoms with Gasteiger partial charge in [0.25, 0.3) is 0 Å². The summed E-state index contributed by atoms with van der Waals surface area (Å²) >= 11 is 6.26. The predicted octanol–water partition coefficient (Wildman–Crippen LogP) is 4.13. The topological polar surface area (TPSA) is 120 Å². The van der Waals surface area contributed by atoms with E-state index < -0.39 is 10.0 Å². The molecule has 11 heteroatoms. The number of nitrogens with zero attached hydrogens (tertiary/aromatic N) is 1. The Morgan fingerprint density at radius 3 is 2.37 bits per heavy atom. The third kappa shape index (κ3) is 9.34. The van der Waals surface area contributed by atoms with E-state index in [9.17, 15) is 13.2 Å². The lowest BCUT2D eigenvalue weighted by molar-refractivity contribution is 0.0958. The van der Waals surface area contributed by atoms with Crippen LogP contribution in [0.4, 0.5) is 5.69 Å². The Kier molecular flexibility index (Phi) is 11.1. The first-order chi connectivity index (χ1) is 18.1. The van der Waals surface area contributed by atoms with Gasteiger partial charge in [-0.1, -0.05) is 11.6 Å². The van der Waals surface area contributed by atoms with Gasteiger partial charge in [-0.3, -0.25) is 4.79 Å². The number of ketones is 1. The molecule has 38 heavy (non-hydrogen) atoms. The van der Waals surface area contributed by atoms with Crippen molar-refractivity contribution in [2.45, 2.75) is 38.7 Å². The number of hydrogen-bond donors (Lipinski definition) is 2. The van der Waals surface area contributed by atoms with Gasteiger partial charge in [-0.15, -0.1) is 0 Å². The fraction of sp³-hybridized carbons (Fsp3) is 0.519. The lowest BCUT2D eigenvalue weighted by Crippen LogP contribution is -2.36. The van der Waals surface area contributed by atoms with Crippen LogP contribution in [0, 0.1) is 5.92 Å². The first kappa shape index (κ1) is 30.0. The summed E-state index contributed by atoms with van der Waals surface area (Å²) in [7, 11) is 0.0245. The summed E-state index contributed by atoms with van der Waals surface area (Å²) in [6.07, 6.45) is 5.15. The van der Waals surface area contributed by atoms with Gasteiger partial charge in [0.05, 0.1) is 36.7 Å². The van der Waals surface area contributed by atoms with E-state index in [-0.39, 0.29) is 12.4 Å². The number of halogens is 1. The molecule has 1 heterocycles. The molecule has 1 saturated heterocycles. The fourth-order valence-corrected chi connectivity index (χ4v) is 5.22. The normalized spacial score (nSPS) is 14.8. The predicted molar refractivity (Wildman–Crippen MR) is 150 cm³/mol. The number of benzene rings is 2. The van der Waals surface area contributed by atoms with Crippen molar-refractivity contribution in [3.63, 3.8) is 0 Å². The van der Waals surface area contributed by atoms with Gasteiger partial charge in [0.15, 0.2) is 5.78 Å². The highest BCUT2D eigenvalue weighted by Gasteiger charge is 2.22. The van der Waals surface area contributed by atoms with Crippen LogP contribution >= 0.6 is 11.6 Å². The highest BCUT2D eigenvalue weighted by Crippen LogP contribution is 2.32. The van der Waals surface area contributed by atoms with Crippen molar-refractivity contribution in [2.24, 2.45) is 5.92 Å². The molecule has 0 spiro atoms. The third-order valence-corrected chi connectivity index (χ3v) is 7.76. The summed E-state index contributed by atoms with van der Waals surface area (Å²) in [5, 5.41) is 0.322. The molecule has 9 nitrogen and oxygen atoms in total.